The van der Waals surface area contributed by atoms with Crippen LogP contribution in [0.2, 0.25) is 0 Å². The molecular formula is C13H21N. The molecule has 0 spiro atoms. The van der Waals surface area contributed by atoms with Gasteiger partial charge in [0.05, 0.1) is 0 Å². The number of allylic oxidation sites excluding steroid dienone is 4. The van der Waals surface area contributed by atoms with Gasteiger partial charge in [0.15, 0.2) is 0 Å². The second kappa shape index (κ2) is 6.25. The first-order valence-electron chi connectivity index (χ1n) is 4.93. The number of hydrogen-bond donors (Lipinski definition) is 1. The van der Waals surface area contributed by atoms with Crippen LogP contribution in [0.5, 0.6) is 0 Å². The van der Waals surface area contributed by atoms with E-state index in [1.54, 1.807) is 0 Å². The molecule has 0 aromatic carbocycles. The predicted molar refractivity (Wildman–Crippen MR) is 65.1 cm³/mol. The number of rotatable bonds is 5. The fourth-order valence-electron chi connectivity index (χ4n) is 0.820. The van der Waals surface area contributed by atoms with E-state index in [4.69, 9.17) is 0 Å². The molecule has 1 heteroatoms. The minimum absolute atomic E-state index is 0.882. The monoisotopic (exact) mass is 191 g/mol. The first-order chi connectivity index (χ1) is 6.49. The minimum atomic E-state index is 0.882. The summed E-state index contributed by atoms with van der Waals surface area (Å²) in [5.74, 6) is 0. The summed E-state index contributed by atoms with van der Waals surface area (Å²) in [4.78, 5) is 0. The maximum atomic E-state index is 3.93. The zero-order valence-electron chi connectivity index (χ0n) is 9.78. The molecule has 0 saturated heterocycles. The van der Waals surface area contributed by atoms with Gasteiger partial charge < -0.3 is 5.32 Å². The number of nitrogens with one attached hydrogen (secondary N) is 1. The van der Waals surface area contributed by atoms with Crippen LogP contribution < -0.4 is 5.32 Å². The summed E-state index contributed by atoms with van der Waals surface area (Å²) >= 11 is 0. The summed E-state index contributed by atoms with van der Waals surface area (Å²) < 4.78 is 0. The third-order valence-electron chi connectivity index (χ3n) is 2.10. The second-order valence-electron chi connectivity index (χ2n) is 3.55. The van der Waals surface area contributed by atoms with E-state index in [9.17, 15) is 0 Å². The molecule has 0 aromatic rings. The van der Waals surface area contributed by atoms with Crippen LogP contribution in [0.4, 0.5) is 0 Å². The number of hydrogen-bond acceptors (Lipinski definition) is 1. The fraction of sp³-hybridized carbons (Fsp3) is 0.385. The lowest BCUT2D eigenvalue weighted by Crippen LogP contribution is -2.11. The lowest BCUT2D eigenvalue weighted by atomic mass is 10.1. The third-order valence-corrected chi connectivity index (χ3v) is 2.10. The second-order valence-corrected chi connectivity index (χ2v) is 3.55. The van der Waals surface area contributed by atoms with E-state index in [1.807, 2.05) is 13.0 Å². The van der Waals surface area contributed by atoms with Crippen molar-refractivity contribution >= 4 is 0 Å². The zero-order valence-corrected chi connectivity index (χ0v) is 9.78. The normalized spacial score (nSPS) is 10.0. The molecule has 0 atom stereocenters. The lowest BCUT2D eigenvalue weighted by molar-refractivity contribution is 0.874. The summed E-state index contributed by atoms with van der Waals surface area (Å²) in [5.41, 5.74) is 4.43. The fourth-order valence-corrected chi connectivity index (χ4v) is 0.820. The van der Waals surface area contributed by atoms with E-state index in [0.717, 1.165) is 17.8 Å². The Balaban J connectivity index is 4.33. The molecule has 0 aliphatic heterocycles. The molecule has 0 aliphatic carbocycles. The number of likely N-dealkylation sites (N-methyl/N-ethyl adjacent to an activating group) is 1. The maximum Gasteiger partial charge on any atom is 0.0334 e. The van der Waals surface area contributed by atoms with E-state index in [1.165, 1.54) is 11.1 Å². The lowest BCUT2D eigenvalue weighted by Gasteiger charge is -2.06. The largest absolute Gasteiger partial charge is 0.385 e. The smallest absolute Gasteiger partial charge is 0.0334 e. The van der Waals surface area contributed by atoms with Gasteiger partial charge >= 0.3 is 0 Å². The van der Waals surface area contributed by atoms with Gasteiger partial charge in [-0.2, -0.15) is 0 Å². The maximum absolute atomic E-state index is 3.93. The van der Waals surface area contributed by atoms with Crippen LogP contribution in [0.3, 0.4) is 0 Å². The molecule has 0 unspecified atom stereocenters. The van der Waals surface area contributed by atoms with Gasteiger partial charge in [0, 0.05) is 12.2 Å². The summed E-state index contributed by atoms with van der Waals surface area (Å²) in [5, 5.41) is 3.14. The molecule has 0 radical (unpaired) electrons. The average Bonchev–Trinajstić information content (AvgIpc) is 2.13. The molecule has 1 N–H and O–H groups in total. The summed E-state index contributed by atoms with van der Waals surface area (Å²) in [6.07, 6.45) is 4.06. The molecule has 0 saturated carbocycles. The van der Waals surface area contributed by atoms with Crippen molar-refractivity contribution in [1.29, 1.82) is 0 Å². The SMILES string of the molecule is C=C(/C=C\C(C)=C(C)C)C(=C)NCC. The highest BCUT2D eigenvalue weighted by Gasteiger charge is 1.93. The highest BCUT2D eigenvalue weighted by atomic mass is 14.9. The Morgan fingerprint density at radius 2 is 1.71 bits per heavy atom. The van der Waals surface area contributed by atoms with Gasteiger partial charge in [-0.25, -0.2) is 0 Å². The highest BCUT2D eigenvalue weighted by molar-refractivity contribution is 5.37. The van der Waals surface area contributed by atoms with Gasteiger partial charge in [0.25, 0.3) is 0 Å². The van der Waals surface area contributed by atoms with Crippen LogP contribution >= 0.6 is 0 Å². The molecule has 0 heterocycles. The molecule has 0 aliphatic rings. The molecule has 0 rings (SSSR count). The molecule has 0 amide bonds. The van der Waals surface area contributed by atoms with Crippen molar-refractivity contribution in [2.24, 2.45) is 0 Å². The van der Waals surface area contributed by atoms with Crippen LogP contribution in [0.25, 0.3) is 0 Å². The summed E-state index contributed by atoms with van der Waals surface area (Å²) in [6, 6.07) is 0. The molecule has 1 nitrogen and oxygen atoms in total. The van der Waals surface area contributed by atoms with Gasteiger partial charge in [-0.3, -0.25) is 0 Å². The Kier molecular flexibility index (Phi) is 5.70. The van der Waals surface area contributed by atoms with Gasteiger partial charge in [0.1, 0.15) is 0 Å². The van der Waals surface area contributed by atoms with Gasteiger partial charge in [-0.1, -0.05) is 36.5 Å². The van der Waals surface area contributed by atoms with E-state index >= 15 is 0 Å². The van der Waals surface area contributed by atoms with Crippen LogP contribution in [0.1, 0.15) is 27.7 Å². The van der Waals surface area contributed by atoms with Gasteiger partial charge in [-0.15, -0.1) is 0 Å². The van der Waals surface area contributed by atoms with Crippen molar-refractivity contribution in [1.82, 2.24) is 5.32 Å². The van der Waals surface area contributed by atoms with E-state index < -0.39 is 0 Å². The Morgan fingerprint density at radius 3 is 2.14 bits per heavy atom. The van der Waals surface area contributed by atoms with Crippen LogP contribution in [-0.4, -0.2) is 6.54 Å². The van der Waals surface area contributed by atoms with Crippen molar-refractivity contribution < 1.29 is 0 Å². The third kappa shape index (κ3) is 4.70. The molecule has 14 heavy (non-hydrogen) atoms. The van der Waals surface area contributed by atoms with Crippen molar-refractivity contribution in [3.63, 3.8) is 0 Å². The highest BCUT2D eigenvalue weighted by Crippen LogP contribution is 2.08. The van der Waals surface area contributed by atoms with E-state index in [-0.39, 0.29) is 0 Å². The topological polar surface area (TPSA) is 12.0 Å². The van der Waals surface area contributed by atoms with Crippen LogP contribution in [0.15, 0.2) is 47.7 Å². The molecule has 0 fully saturated rings. The van der Waals surface area contributed by atoms with E-state index in [2.05, 4.69) is 45.3 Å². The molecule has 0 bridgehead atoms. The first kappa shape index (κ1) is 12.8. The van der Waals surface area contributed by atoms with E-state index in [0.29, 0.717) is 0 Å². The molecule has 0 aromatic heterocycles. The summed E-state index contributed by atoms with van der Waals surface area (Å²) in [7, 11) is 0. The van der Waals surface area contributed by atoms with Crippen molar-refractivity contribution in [3.05, 3.63) is 47.7 Å². The quantitative estimate of drug-likeness (QED) is 0.655. The Hall–Kier alpha value is -1.24. The van der Waals surface area contributed by atoms with Gasteiger partial charge in [0.2, 0.25) is 0 Å². The van der Waals surface area contributed by atoms with Crippen molar-refractivity contribution in [3.8, 4) is 0 Å². The average molecular weight is 191 g/mol. The van der Waals surface area contributed by atoms with Crippen LogP contribution in [-0.2, 0) is 0 Å². The van der Waals surface area contributed by atoms with Crippen LogP contribution in [0, 0.1) is 0 Å². The Labute approximate surface area is 87.9 Å². The van der Waals surface area contributed by atoms with Crippen molar-refractivity contribution in [2.75, 3.05) is 6.54 Å². The minimum Gasteiger partial charge on any atom is -0.385 e. The Bertz CT molecular complexity index is 276. The zero-order chi connectivity index (χ0) is 11.1. The molecule has 78 valence electrons. The van der Waals surface area contributed by atoms with Crippen molar-refractivity contribution in [2.45, 2.75) is 27.7 Å². The summed E-state index contributed by atoms with van der Waals surface area (Å²) in [6.45, 7) is 17.0. The Morgan fingerprint density at radius 1 is 1.14 bits per heavy atom. The van der Waals surface area contributed by atoms with Gasteiger partial charge in [-0.05, 0) is 33.3 Å². The predicted octanol–water partition coefficient (Wildman–Crippen LogP) is 3.58. The molecular weight excluding hydrogens is 170 g/mol. The first-order valence-corrected chi connectivity index (χ1v) is 4.93. The standard InChI is InChI=1S/C13H21N/c1-7-14-13(6)12(5)9-8-11(4)10(2)3/h8-9,14H,5-7H2,1-4H3/b9-8-.